The quantitative estimate of drug-likeness (QED) is 0.120. The molecule has 0 aliphatic rings. The Hall–Kier alpha value is -4.88. The van der Waals surface area contributed by atoms with Crippen LogP contribution in [0.1, 0.15) is 13.8 Å². The van der Waals surface area contributed by atoms with Gasteiger partial charge < -0.3 is 9.47 Å². The molecule has 0 aliphatic carbocycles. The fourth-order valence-corrected chi connectivity index (χ4v) is 1.50. The van der Waals surface area contributed by atoms with Gasteiger partial charge in [-0.1, -0.05) is 0 Å². The van der Waals surface area contributed by atoms with Crippen LogP contribution in [-0.2, 0) is 9.47 Å². The summed E-state index contributed by atoms with van der Waals surface area (Å²) in [6, 6.07) is 0. The second-order valence-electron chi connectivity index (χ2n) is 7.44. The summed E-state index contributed by atoms with van der Waals surface area (Å²) in [5.41, 5.74) is -11.5. The molecule has 0 bridgehead atoms. The molecule has 0 saturated carbocycles. The van der Waals surface area contributed by atoms with Crippen molar-refractivity contribution in [1.82, 2.24) is 0 Å². The lowest BCUT2D eigenvalue weighted by molar-refractivity contribution is -0.800. The maximum absolute atomic E-state index is 10.5. The summed E-state index contributed by atoms with van der Waals surface area (Å²) in [5.74, 6) is 0. The van der Waals surface area contributed by atoms with Crippen LogP contribution < -0.4 is 0 Å². The van der Waals surface area contributed by atoms with Crippen molar-refractivity contribution >= 4 is 0 Å². The van der Waals surface area contributed by atoms with Gasteiger partial charge in [-0.15, -0.1) is 0 Å². The summed E-state index contributed by atoms with van der Waals surface area (Å²) in [6.07, 6.45) is 0. The molecule has 38 heavy (non-hydrogen) atoms. The fourth-order valence-electron chi connectivity index (χ4n) is 1.50. The predicted molar refractivity (Wildman–Crippen MR) is 111 cm³/mol. The Balaban J connectivity index is 0. The summed E-state index contributed by atoms with van der Waals surface area (Å²) in [4.78, 5) is 73.2. The minimum Gasteiger partial charge on any atom is -0.351 e. The highest BCUT2D eigenvalue weighted by Gasteiger charge is 2.56. The van der Waals surface area contributed by atoms with E-state index in [9.17, 15) is 80.9 Å². The highest BCUT2D eigenvalue weighted by atomic mass is 16.7. The van der Waals surface area contributed by atoms with Gasteiger partial charge in [0.1, 0.15) is 53.2 Å². The first-order valence-corrected chi connectivity index (χ1v) is 8.99. The van der Waals surface area contributed by atoms with Crippen LogP contribution in [0.5, 0.6) is 0 Å². The maximum Gasteiger partial charge on any atom is 0.481 e. The summed E-state index contributed by atoms with van der Waals surface area (Å²) in [7, 11) is 0. The average Bonchev–Trinajstić information content (AvgIpc) is 2.77. The van der Waals surface area contributed by atoms with Crippen LogP contribution >= 0.6 is 0 Å². The van der Waals surface area contributed by atoms with Gasteiger partial charge in [-0.05, 0) is 0 Å². The molecule has 214 valence electrons. The van der Waals surface area contributed by atoms with E-state index in [0.717, 1.165) is 0 Å². The minimum atomic E-state index is -2.98. The number of hydrogen-bond acceptors (Lipinski definition) is 18. The van der Waals surface area contributed by atoms with Gasteiger partial charge in [0.2, 0.25) is 0 Å². The molecule has 26 nitrogen and oxygen atoms in total. The van der Waals surface area contributed by atoms with E-state index in [1.54, 1.807) is 0 Å². The van der Waals surface area contributed by atoms with Crippen molar-refractivity contribution < 1.29 is 48.9 Å². The van der Waals surface area contributed by atoms with Gasteiger partial charge in [-0.25, -0.2) is 0 Å². The van der Waals surface area contributed by atoms with Crippen molar-refractivity contribution in [3.05, 3.63) is 94.8 Å². The Morgan fingerprint density at radius 1 is 0.447 bits per heavy atom. The van der Waals surface area contributed by atoms with Gasteiger partial charge >= 0.3 is 22.7 Å². The molecule has 0 N–H and O–H groups in total. The Bertz CT molecular complexity index is 788. The third-order valence-electron chi connectivity index (χ3n) is 4.35. The van der Waals surface area contributed by atoms with Crippen molar-refractivity contribution in [1.29, 1.82) is 0 Å². The zero-order valence-electron chi connectivity index (χ0n) is 19.2. The first-order chi connectivity index (χ1) is 17.0. The van der Waals surface area contributed by atoms with Crippen LogP contribution in [0, 0.1) is 94.8 Å². The SMILES string of the molecule is [CH2]C(COCC(C)([N+](=O)[O-])[N+](=O)[O-])([N+](=O)[O-])[N+](=O)[O-].[CH2]C(COCC(C)([N+](=O)[O-])[N+](=O)[O-])([N+](=O)[O-])[N+](=O)[O-]. The Morgan fingerprint density at radius 2 is 0.632 bits per heavy atom. The van der Waals surface area contributed by atoms with Gasteiger partial charge in [-0.2, -0.15) is 0 Å². The highest BCUT2D eigenvalue weighted by Crippen LogP contribution is 2.16. The van der Waals surface area contributed by atoms with Crippen LogP contribution in [0.4, 0.5) is 0 Å². The molecule has 0 atom stereocenters. The molecular formula is C12H18N8O18. The second kappa shape index (κ2) is 12.9. The molecular weight excluding hydrogens is 544 g/mol. The Kier molecular flexibility index (Phi) is 12.0. The lowest BCUT2D eigenvalue weighted by Crippen LogP contribution is -2.51. The molecule has 0 unspecified atom stereocenters. The summed E-state index contributed by atoms with van der Waals surface area (Å²) >= 11 is 0. The standard InChI is InChI=1S/2C6H9N4O9/c2*1-5(7(11)12,8(13)14)3-19-4-6(2,9(15)16)10(17)18/h2*1,3-4H2,2H3. The second-order valence-corrected chi connectivity index (χ2v) is 7.44. The van der Waals surface area contributed by atoms with E-state index in [-0.39, 0.29) is 0 Å². The van der Waals surface area contributed by atoms with Crippen LogP contribution in [0.15, 0.2) is 0 Å². The average molecular weight is 562 g/mol. The first-order valence-electron chi connectivity index (χ1n) is 8.99. The monoisotopic (exact) mass is 562 g/mol. The third-order valence-corrected chi connectivity index (χ3v) is 4.35. The largest absolute Gasteiger partial charge is 0.481 e. The molecule has 0 aliphatic heterocycles. The van der Waals surface area contributed by atoms with Crippen LogP contribution in [-0.4, -0.2) is 88.5 Å². The molecule has 0 fully saturated rings. The topological polar surface area (TPSA) is 364 Å². The van der Waals surface area contributed by atoms with E-state index in [0.29, 0.717) is 13.8 Å². The molecule has 2 radical (unpaired) electrons. The zero-order valence-corrected chi connectivity index (χ0v) is 19.2. The van der Waals surface area contributed by atoms with E-state index in [1.165, 1.54) is 0 Å². The van der Waals surface area contributed by atoms with Crippen molar-refractivity contribution in [3.63, 3.8) is 0 Å². The van der Waals surface area contributed by atoms with Crippen LogP contribution in [0.2, 0.25) is 0 Å². The summed E-state index contributed by atoms with van der Waals surface area (Å²) in [5, 5.41) is 83.7. The number of ether oxygens (including phenoxy) is 2. The number of rotatable bonds is 16. The molecule has 26 heteroatoms. The molecule has 0 rings (SSSR count). The van der Waals surface area contributed by atoms with E-state index in [4.69, 9.17) is 0 Å². The van der Waals surface area contributed by atoms with Crippen molar-refractivity contribution in [2.45, 2.75) is 36.5 Å². The Labute approximate surface area is 207 Å². The predicted octanol–water partition coefficient (Wildman–Crippen LogP) is -1.29. The van der Waals surface area contributed by atoms with Gasteiger partial charge in [0.05, 0.1) is 13.8 Å². The zero-order chi connectivity index (χ0) is 30.9. The van der Waals surface area contributed by atoms with Crippen molar-refractivity contribution in [3.8, 4) is 0 Å². The maximum atomic E-state index is 10.5. The van der Waals surface area contributed by atoms with E-state index < -0.39 is 88.5 Å². The lowest BCUT2D eigenvalue weighted by atomic mass is 10.2. The number of nitro groups is 8. The molecule has 0 spiro atoms. The van der Waals surface area contributed by atoms with E-state index in [2.05, 4.69) is 23.3 Å². The normalized spacial score (nSPS) is 11.9. The van der Waals surface area contributed by atoms with Gasteiger partial charge in [-0.3, -0.25) is 80.9 Å². The number of nitrogens with zero attached hydrogens (tertiary/aromatic N) is 8. The summed E-state index contributed by atoms with van der Waals surface area (Å²) < 4.78 is 8.76. The van der Waals surface area contributed by atoms with Crippen molar-refractivity contribution in [2.75, 3.05) is 26.4 Å². The molecule has 0 aromatic carbocycles. The van der Waals surface area contributed by atoms with E-state index >= 15 is 0 Å². The Morgan fingerprint density at radius 3 is 0.763 bits per heavy atom. The van der Waals surface area contributed by atoms with Crippen molar-refractivity contribution in [2.24, 2.45) is 0 Å². The molecule has 0 aromatic rings. The smallest absolute Gasteiger partial charge is 0.351 e. The molecule has 0 saturated heterocycles. The van der Waals surface area contributed by atoms with E-state index in [1.807, 2.05) is 0 Å². The number of hydrogen-bond donors (Lipinski definition) is 0. The van der Waals surface area contributed by atoms with Crippen LogP contribution in [0.3, 0.4) is 0 Å². The molecule has 0 amide bonds. The first kappa shape index (κ1) is 35.3. The van der Waals surface area contributed by atoms with Gasteiger partial charge in [0.15, 0.2) is 26.4 Å². The lowest BCUT2D eigenvalue weighted by Gasteiger charge is -2.15. The molecule has 0 heterocycles. The fraction of sp³-hybridized carbons (Fsp3) is 0.833. The molecule has 0 aromatic heterocycles. The highest BCUT2D eigenvalue weighted by molar-refractivity contribution is 4.71. The van der Waals surface area contributed by atoms with Gasteiger partial charge in [0, 0.05) is 0 Å². The van der Waals surface area contributed by atoms with Gasteiger partial charge in [0.25, 0.3) is 0 Å². The van der Waals surface area contributed by atoms with Crippen LogP contribution in [0.25, 0.3) is 0 Å². The summed E-state index contributed by atoms with van der Waals surface area (Å²) in [6.45, 7) is 1.80. The third kappa shape index (κ3) is 8.08. The minimum absolute atomic E-state index is 0.607.